The number of carbonyl (C=O) groups is 1. The Morgan fingerprint density at radius 2 is 2.39 bits per heavy atom. The third-order valence-corrected chi connectivity index (χ3v) is 2.63. The number of aromatic carboxylic acids is 1. The number of carboxylic acids is 1. The summed E-state index contributed by atoms with van der Waals surface area (Å²) < 4.78 is 10.7. The summed E-state index contributed by atoms with van der Waals surface area (Å²) in [6.07, 6.45) is -0.0622. The van der Waals surface area contributed by atoms with Gasteiger partial charge in [0.25, 0.3) is 0 Å². The van der Waals surface area contributed by atoms with Crippen LogP contribution >= 0.6 is 11.6 Å². The fraction of sp³-hybridized carbons (Fsp3) is 0.455. The highest BCUT2D eigenvalue weighted by Crippen LogP contribution is 2.15. The first kappa shape index (κ1) is 13.1. The summed E-state index contributed by atoms with van der Waals surface area (Å²) in [4.78, 5) is 14.8. The lowest BCUT2D eigenvalue weighted by Crippen LogP contribution is -2.34. The molecule has 0 aromatic carbocycles. The first-order chi connectivity index (χ1) is 8.65. The van der Waals surface area contributed by atoms with Crippen LogP contribution in [0.15, 0.2) is 12.1 Å². The molecular weight excluding hydrogens is 260 g/mol. The maximum absolute atomic E-state index is 10.9. The van der Waals surface area contributed by atoms with E-state index >= 15 is 0 Å². The zero-order chi connectivity index (χ0) is 13.0. The van der Waals surface area contributed by atoms with Gasteiger partial charge >= 0.3 is 5.97 Å². The first-order valence-electron chi connectivity index (χ1n) is 5.49. The van der Waals surface area contributed by atoms with Gasteiger partial charge in [-0.25, -0.2) is 9.78 Å². The van der Waals surface area contributed by atoms with Gasteiger partial charge in [-0.15, -0.1) is 0 Å². The van der Waals surface area contributed by atoms with Crippen molar-refractivity contribution in [2.24, 2.45) is 0 Å². The molecule has 1 aliphatic rings. The van der Waals surface area contributed by atoms with E-state index in [4.69, 9.17) is 26.2 Å². The molecule has 1 aliphatic heterocycles. The van der Waals surface area contributed by atoms with E-state index in [1.807, 2.05) is 0 Å². The summed E-state index contributed by atoms with van der Waals surface area (Å²) in [5, 5.41) is 12.0. The second-order valence-electron chi connectivity index (χ2n) is 3.82. The van der Waals surface area contributed by atoms with Gasteiger partial charge in [-0.1, -0.05) is 11.6 Å². The second kappa shape index (κ2) is 5.99. The van der Waals surface area contributed by atoms with Crippen molar-refractivity contribution >= 4 is 23.4 Å². The van der Waals surface area contributed by atoms with Crippen molar-refractivity contribution in [2.45, 2.75) is 6.10 Å². The Kier molecular flexibility index (Phi) is 4.35. The van der Waals surface area contributed by atoms with Crippen molar-refractivity contribution in [3.05, 3.63) is 22.8 Å². The van der Waals surface area contributed by atoms with Crippen LogP contribution < -0.4 is 5.32 Å². The van der Waals surface area contributed by atoms with Gasteiger partial charge in [0, 0.05) is 6.54 Å². The van der Waals surface area contributed by atoms with Crippen LogP contribution in [-0.4, -0.2) is 48.5 Å². The Balaban J connectivity index is 1.97. The smallest absolute Gasteiger partial charge is 0.335 e. The molecule has 1 fully saturated rings. The highest BCUT2D eigenvalue weighted by Gasteiger charge is 2.14. The maximum atomic E-state index is 10.9. The summed E-state index contributed by atoms with van der Waals surface area (Å²) >= 11 is 5.75. The fourth-order valence-corrected chi connectivity index (χ4v) is 1.79. The molecule has 1 saturated heterocycles. The van der Waals surface area contributed by atoms with Crippen molar-refractivity contribution in [3.8, 4) is 0 Å². The minimum Gasteiger partial charge on any atom is -0.478 e. The van der Waals surface area contributed by atoms with E-state index in [1.54, 1.807) is 0 Å². The van der Waals surface area contributed by atoms with Gasteiger partial charge in [0.2, 0.25) is 0 Å². The Morgan fingerprint density at radius 1 is 1.56 bits per heavy atom. The molecular formula is C11H13ClN2O4. The molecule has 0 amide bonds. The number of hydrogen-bond acceptors (Lipinski definition) is 5. The minimum atomic E-state index is -1.04. The highest BCUT2D eigenvalue weighted by atomic mass is 35.5. The van der Waals surface area contributed by atoms with E-state index in [0.29, 0.717) is 32.2 Å². The summed E-state index contributed by atoms with van der Waals surface area (Å²) in [6, 6.07) is 2.73. The summed E-state index contributed by atoms with van der Waals surface area (Å²) in [5.74, 6) is -0.631. The summed E-state index contributed by atoms with van der Waals surface area (Å²) in [6.45, 7) is 2.18. The van der Waals surface area contributed by atoms with Gasteiger partial charge in [0.1, 0.15) is 11.0 Å². The number of halogens is 1. The molecule has 1 atom stereocenters. The van der Waals surface area contributed by atoms with Gasteiger partial charge in [0.15, 0.2) is 0 Å². The van der Waals surface area contributed by atoms with Crippen LogP contribution in [0.25, 0.3) is 0 Å². The average molecular weight is 273 g/mol. The summed E-state index contributed by atoms with van der Waals surface area (Å²) in [7, 11) is 0. The second-order valence-corrected chi connectivity index (χ2v) is 4.20. The van der Waals surface area contributed by atoms with Crippen LogP contribution in [0.4, 0.5) is 5.82 Å². The molecule has 0 bridgehead atoms. The largest absolute Gasteiger partial charge is 0.478 e. The number of hydrogen-bond donors (Lipinski definition) is 2. The number of nitrogens with zero attached hydrogens (tertiary/aromatic N) is 1. The number of rotatable bonds is 4. The molecule has 18 heavy (non-hydrogen) atoms. The van der Waals surface area contributed by atoms with Crippen LogP contribution in [0.2, 0.25) is 5.15 Å². The third kappa shape index (κ3) is 3.56. The predicted molar refractivity (Wildman–Crippen MR) is 65.3 cm³/mol. The molecule has 0 radical (unpaired) electrons. The number of nitrogens with one attached hydrogen (secondary N) is 1. The van der Waals surface area contributed by atoms with Crippen molar-refractivity contribution in [3.63, 3.8) is 0 Å². The zero-order valence-electron chi connectivity index (χ0n) is 9.56. The van der Waals surface area contributed by atoms with E-state index in [9.17, 15) is 4.79 Å². The van der Waals surface area contributed by atoms with E-state index in [-0.39, 0.29) is 16.8 Å². The lowest BCUT2D eigenvalue weighted by molar-refractivity contribution is -0.0819. The number of anilines is 1. The van der Waals surface area contributed by atoms with Crippen LogP contribution in [0, 0.1) is 0 Å². The molecule has 1 aromatic heterocycles. The molecule has 7 heteroatoms. The minimum absolute atomic E-state index is 0.0622. The molecule has 1 aromatic rings. The number of carboxylic acid groups (broad SMARTS) is 1. The number of ether oxygens (including phenoxy) is 2. The first-order valence-corrected chi connectivity index (χ1v) is 5.87. The SMILES string of the molecule is O=C(O)c1cc(Cl)nc(NCC2COCCO2)c1. The van der Waals surface area contributed by atoms with Crippen LogP contribution in [0.3, 0.4) is 0 Å². The Bertz CT molecular complexity index is 435. The van der Waals surface area contributed by atoms with E-state index in [0.717, 1.165) is 0 Å². The highest BCUT2D eigenvalue weighted by molar-refractivity contribution is 6.29. The van der Waals surface area contributed by atoms with Crippen LogP contribution in [-0.2, 0) is 9.47 Å². The maximum Gasteiger partial charge on any atom is 0.335 e. The van der Waals surface area contributed by atoms with Gasteiger partial charge < -0.3 is 19.9 Å². The monoisotopic (exact) mass is 272 g/mol. The Morgan fingerprint density at radius 3 is 3.06 bits per heavy atom. The lowest BCUT2D eigenvalue weighted by Gasteiger charge is -2.23. The quantitative estimate of drug-likeness (QED) is 0.803. The molecule has 2 rings (SSSR count). The van der Waals surface area contributed by atoms with Crippen molar-refractivity contribution in [2.75, 3.05) is 31.7 Å². The van der Waals surface area contributed by atoms with E-state index in [2.05, 4.69) is 10.3 Å². The molecule has 98 valence electrons. The van der Waals surface area contributed by atoms with Gasteiger partial charge in [-0.3, -0.25) is 0 Å². The summed E-state index contributed by atoms with van der Waals surface area (Å²) in [5.41, 5.74) is 0.0957. The van der Waals surface area contributed by atoms with E-state index in [1.165, 1.54) is 12.1 Å². The van der Waals surface area contributed by atoms with Crippen molar-refractivity contribution in [1.82, 2.24) is 4.98 Å². The molecule has 6 nitrogen and oxygen atoms in total. The Labute approximate surface area is 109 Å². The molecule has 0 spiro atoms. The van der Waals surface area contributed by atoms with Gasteiger partial charge in [-0.2, -0.15) is 0 Å². The number of aromatic nitrogens is 1. The molecule has 2 heterocycles. The molecule has 0 saturated carbocycles. The fourth-order valence-electron chi connectivity index (χ4n) is 1.58. The van der Waals surface area contributed by atoms with E-state index < -0.39 is 5.97 Å². The predicted octanol–water partition coefficient (Wildman–Crippen LogP) is 1.26. The van der Waals surface area contributed by atoms with Crippen LogP contribution in [0.1, 0.15) is 10.4 Å². The van der Waals surface area contributed by atoms with Crippen molar-refractivity contribution in [1.29, 1.82) is 0 Å². The third-order valence-electron chi connectivity index (χ3n) is 2.44. The molecule has 1 unspecified atom stereocenters. The average Bonchev–Trinajstić information content (AvgIpc) is 2.37. The van der Waals surface area contributed by atoms with Crippen LogP contribution in [0.5, 0.6) is 0 Å². The topological polar surface area (TPSA) is 80.7 Å². The van der Waals surface area contributed by atoms with Gasteiger partial charge in [0.05, 0.1) is 31.5 Å². The standard InChI is InChI=1S/C11H13ClN2O4/c12-9-3-7(11(15)16)4-10(14-9)13-5-8-6-17-1-2-18-8/h3-4,8H,1-2,5-6H2,(H,13,14)(H,15,16). The number of pyridine rings is 1. The van der Waals surface area contributed by atoms with Crippen molar-refractivity contribution < 1.29 is 19.4 Å². The normalized spacial score (nSPS) is 19.5. The Hall–Kier alpha value is -1.37. The van der Waals surface area contributed by atoms with Gasteiger partial charge in [-0.05, 0) is 12.1 Å². The lowest BCUT2D eigenvalue weighted by atomic mass is 10.2. The molecule has 2 N–H and O–H groups in total. The molecule has 0 aliphatic carbocycles. The zero-order valence-corrected chi connectivity index (χ0v) is 10.3.